The topological polar surface area (TPSA) is 48.1 Å². The summed E-state index contributed by atoms with van der Waals surface area (Å²) in [7, 11) is 1.70. The van der Waals surface area contributed by atoms with Crippen LogP contribution in [-0.2, 0) is 0 Å². The molecule has 2 N–H and O–H groups in total. The third kappa shape index (κ3) is 3.12. The fraction of sp³-hybridized carbons (Fsp3) is 0.312. The highest BCUT2D eigenvalue weighted by atomic mass is 16.5. The number of nitrogens with two attached hydrogens (primary N) is 1. The van der Waals surface area contributed by atoms with Crippen molar-refractivity contribution in [3.63, 3.8) is 0 Å². The molecule has 2 rings (SSSR count). The van der Waals surface area contributed by atoms with Gasteiger partial charge in [-0.05, 0) is 54.3 Å². The highest BCUT2D eigenvalue weighted by molar-refractivity contribution is 5.71. The zero-order chi connectivity index (χ0) is 13.7. The molecule has 0 saturated heterocycles. The maximum absolute atomic E-state index is 5.64. The van der Waals surface area contributed by atoms with Gasteiger partial charge in [0.15, 0.2) is 0 Å². The average molecular weight is 256 g/mol. The molecule has 0 saturated carbocycles. The monoisotopic (exact) mass is 256 g/mol. The van der Waals surface area contributed by atoms with E-state index >= 15 is 0 Å². The lowest BCUT2D eigenvalue weighted by molar-refractivity contribution is 0.416. The fourth-order valence-electron chi connectivity index (χ4n) is 2.21. The molecule has 0 fully saturated rings. The van der Waals surface area contributed by atoms with E-state index in [0.717, 1.165) is 23.3 Å². The van der Waals surface area contributed by atoms with Gasteiger partial charge in [0, 0.05) is 18.0 Å². The number of hydrogen-bond donors (Lipinski definition) is 1. The molecule has 1 unspecified atom stereocenters. The summed E-state index contributed by atoms with van der Waals surface area (Å²) in [6.45, 7) is 2.91. The summed E-state index contributed by atoms with van der Waals surface area (Å²) in [6.07, 6.45) is 4.58. The molecule has 0 aliphatic carbocycles. The number of pyridine rings is 1. The number of rotatable bonds is 5. The summed E-state index contributed by atoms with van der Waals surface area (Å²) in [5, 5.41) is 0. The van der Waals surface area contributed by atoms with Crippen LogP contribution in [0.4, 0.5) is 0 Å². The average Bonchev–Trinajstić information content (AvgIpc) is 2.47. The van der Waals surface area contributed by atoms with Crippen molar-refractivity contribution in [2.24, 2.45) is 5.73 Å². The second-order valence-electron chi connectivity index (χ2n) is 4.67. The first kappa shape index (κ1) is 13.6. The molecular formula is C16H20N2O. The maximum Gasteiger partial charge on any atom is 0.126 e. The highest BCUT2D eigenvalue weighted by Gasteiger charge is 2.10. The van der Waals surface area contributed by atoms with Gasteiger partial charge in [0.2, 0.25) is 0 Å². The van der Waals surface area contributed by atoms with Crippen LogP contribution in [0.2, 0.25) is 0 Å². The second kappa shape index (κ2) is 6.34. The van der Waals surface area contributed by atoms with Crippen LogP contribution in [0.25, 0.3) is 11.1 Å². The molecular weight excluding hydrogens is 236 g/mol. The Labute approximate surface area is 114 Å². The molecule has 1 atom stereocenters. The summed E-state index contributed by atoms with van der Waals surface area (Å²) in [5.74, 6) is 1.34. The SMILES string of the molecule is COc1ccc(C(C)CCN)cc1-c1ccncc1. The molecule has 0 amide bonds. The highest BCUT2D eigenvalue weighted by Crippen LogP contribution is 2.33. The minimum absolute atomic E-state index is 0.455. The third-order valence-electron chi connectivity index (χ3n) is 3.38. The minimum Gasteiger partial charge on any atom is -0.496 e. The summed E-state index contributed by atoms with van der Waals surface area (Å²) in [6, 6.07) is 10.3. The molecule has 3 nitrogen and oxygen atoms in total. The second-order valence-corrected chi connectivity index (χ2v) is 4.67. The van der Waals surface area contributed by atoms with Crippen LogP contribution in [0, 0.1) is 0 Å². The van der Waals surface area contributed by atoms with E-state index in [2.05, 4.69) is 24.0 Å². The Bertz CT molecular complexity index is 526. The summed E-state index contributed by atoms with van der Waals surface area (Å²) >= 11 is 0. The zero-order valence-corrected chi connectivity index (χ0v) is 11.5. The van der Waals surface area contributed by atoms with Gasteiger partial charge in [-0.1, -0.05) is 13.0 Å². The predicted octanol–water partition coefficient (Wildman–Crippen LogP) is 3.21. The van der Waals surface area contributed by atoms with E-state index in [4.69, 9.17) is 10.5 Å². The van der Waals surface area contributed by atoms with E-state index in [1.165, 1.54) is 5.56 Å². The van der Waals surface area contributed by atoms with Gasteiger partial charge < -0.3 is 10.5 Å². The van der Waals surface area contributed by atoms with Crippen molar-refractivity contribution in [3.05, 3.63) is 48.3 Å². The first-order valence-electron chi connectivity index (χ1n) is 6.54. The normalized spacial score (nSPS) is 12.2. The van der Waals surface area contributed by atoms with Gasteiger partial charge in [-0.2, -0.15) is 0 Å². The maximum atomic E-state index is 5.64. The molecule has 3 heteroatoms. The van der Waals surface area contributed by atoms with Gasteiger partial charge >= 0.3 is 0 Å². The van der Waals surface area contributed by atoms with Crippen molar-refractivity contribution in [3.8, 4) is 16.9 Å². The van der Waals surface area contributed by atoms with Crippen LogP contribution in [0.1, 0.15) is 24.8 Å². The first-order valence-corrected chi connectivity index (χ1v) is 6.54. The number of nitrogens with zero attached hydrogens (tertiary/aromatic N) is 1. The fourth-order valence-corrected chi connectivity index (χ4v) is 2.21. The van der Waals surface area contributed by atoms with E-state index in [9.17, 15) is 0 Å². The van der Waals surface area contributed by atoms with E-state index in [-0.39, 0.29) is 0 Å². The van der Waals surface area contributed by atoms with E-state index in [1.807, 2.05) is 18.2 Å². The Kier molecular flexibility index (Phi) is 4.53. The van der Waals surface area contributed by atoms with E-state index < -0.39 is 0 Å². The van der Waals surface area contributed by atoms with Crippen LogP contribution in [0.3, 0.4) is 0 Å². The molecule has 0 aliphatic heterocycles. The van der Waals surface area contributed by atoms with Gasteiger partial charge in [0.25, 0.3) is 0 Å². The predicted molar refractivity (Wildman–Crippen MR) is 78.3 cm³/mol. The smallest absolute Gasteiger partial charge is 0.126 e. The quantitative estimate of drug-likeness (QED) is 0.893. The van der Waals surface area contributed by atoms with Gasteiger partial charge in [-0.15, -0.1) is 0 Å². The first-order chi connectivity index (χ1) is 9.26. The van der Waals surface area contributed by atoms with Gasteiger partial charge in [0.1, 0.15) is 5.75 Å². The largest absolute Gasteiger partial charge is 0.496 e. The standard InChI is InChI=1S/C16H20N2O/c1-12(5-8-17)14-3-4-16(19-2)15(11-14)13-6-9-18-10-7-13/h3-4,6-7,9-12H,5,8,17H2,1-2H3. The van der Waals surface area contributed by atoms with Crippen molar-refractivity contribution in [2.45, 2.75) is 19.3 Å². The van der Waals surface area contributed by atoms with Gasteiger partial charge in [-0.25, -0.2) is 0 Å². The summed E-state index contributed by atoms with van der Waals surface area (Å²) < 4.78 is 5.45. The molecule has 1 heterocycles. The summed E-state index contributed by atoms with van der Waals surface area (Å²) in [5.41, 5.74) is 9.15. The zero-order valence-electron chi connectivity index (χ0n) is 11.5. The van der Waals surface area contributed by atoms with Crippen LogP contribution in [0.5, 0.6) is 5.75 Å². The molecule has 100 valence electrons. The van der Waals surface area contributed by atoms with E-state index in [1.54, 1.807) is 19.5 Å². The molecule has 2 aromatic rings. The van der Waals surface area contributed by atoms with Crippen molar-refractivity contribution >= 4 is 0 Å². The molecule has 0 bridgehead atoms. The van der Waals surface area contributed by atoms with Crippen molar-refractivity contribution in [2.75, 3.05) is 13.7 Å². The minimum atomic E-state index is 0.455. The molecule has 1 aromatic carbocycles. The van der Waals surface area contributed by atoms with E-state index in [0.29, 0.717) is 12.5 Å². The number of aromatic nitrogens is 1. The lowest BCUT2D eigenvalue weighted by atomic mass is 9.94. The molecule has 0 aliphatic rings. The van der Waals surface area contributed by atoms with Gasteiger partial charge in [0.05, 0.1) is 7.11 Å². The van der Waals surface area contributed by atoms with Crippen LogP contribution in [-0.4, -0.2) is 18.6 Å². The van der Waals surface area contributed by atoms with Gasteiger partial charge in [-0.3, -0.25) is 4.98 Å². The Hall–Kier alpha value is -1.87. The molecule has 0 radical (unpaired) electrons. The number of benzene rings is 1. The van der Waals surface area contributed by atoms with Crippen molar-refractivity contribution in [1.29, 1.82) is 0 Å². The Morgan fingerprint density at radius 3 is 2.58 bits per heavy atom. The lowest BCUT2D eigenvalue weighted by Crippen LogP contribution is -2.04. The van der Waals surface area contributed by atoms with Crippen LogP contribution >= 0.6 is 0 Å². The molecule has 1 aromatic heterocycles. The number of hydrogen-bond acceptors (Lipinski definition) is 3. The molecule has 19 heavy (non-hydrogen) atoms. The van der Waals surface area contributed by atoms with Crippen LogP contribution < -0.4 is 10.5 Å². The van der Waals surface area contributed by atoms with Crippen LogP contribution in [0.15, 0.2) is 42.7 Å². The lowest BCUT2D eigenvalue weighted by Gasteiger charge is -2.15. The summed E-state index contributed by atoms with van der Waals surface area (Å²) in [4.78, 5) is 4.06. The third-order valence-corrected chi connectivity index (χ3v) is 3.38. The van der Waals surface area contributed by atoms with Crippen molar-refractivity contribution < 1.29 is 4.74 Å². The number of ether oxygens (including phenoxy) is 1. The Morgan fingerprint density at radius 2 is 1.95 bits per heavy atom. The number of methoxy groups -OCH3 is 1. The Morgan fingerprint density at radius 1 is 1.21 bits per heavy atom. The van der Waals surface area contributed by atoms with Crippen molar-refractivity contribution in [1.82, 2.24) is 4.98 Å². The molecule has 0 spiro atoms. The Balaban J connectivity index is 2.43.